The number of halogens is 1. The molecule has 0 aliphatic rings. The van der Waals surface area contributed by atoms with Gasteiger partial charge in [-0.3, -0.25) is 9.10 Å². The van der Waals surface area contributed by atoms with Gasteiger partial charge in [0.1, 0.15) is 12.4 Å². The average molecular weight is 472 g/mol. The molecule has 3 aromatic rings. The van der Waals surface area contributed by atoms with Crippen LogP contribution in [0.1, 0.15) is 11.1 Å². The Bertz CT molecular complexity index is 1190. The average Bonchev–Trinajstić information content (AvgIpc) is 2.79. The van der Waals surface area contributed by atoms with Crippen LogP contribution in [0.25, 0.3) is 0 Å². The van der Waals surface area contributed by atoms with Crippen LogP contribution >= 0.6 is 11.8 Å². The van der Waals surface area contributed by atoms with E-state index in [4.69, 9.17) is 0 Å². The normalized spacial score (nSPS) is 11.5. The lowest BCUT2D eigenvalue weighted by molar-refractivity contribution is -0.119. The van der Waals surface area contributed by atoms with Crippen LogP contribution in [-0.4, -0.2) is 33.3 Å². The van der Waals surface area contributed by atoms with Gasteiger partial charge < -0.3 is 0 Å². The van der Waals surface area contributed by atoms with Gasteiger partial charge in [-0.15, -0.1) is 11.8 Å². The van der Waals surface area contributed by atoms with Crippen LogP contribution in [0.5, 0.6) is 0 Å². The minimum absolute atomic E-state index is 0.0256. The summed E-state index contributed by atoms with van der Waals surface area (Å²) in [7, 11) is -4.07. The van der Waals surface area contributed by atoms with Crippen molar-refractivity contribution < 1.29 is 17.6 Å². The molecule has 3 aromatic carbocycles. The number of hydrazone groups is 1. The largest absolute Gasteiger partial charge is 0.271 e. The van der Waals surface area contributed by atoms with E-state index in [2.05, 4.69) is 10.5 Å². The number of benzene rings is 3. The Labute approximate surface area is 191 Å². The van der Waals surface area contributed by atoms with E-state index in [1.807, 2.05) is 37.4 Å². The maximum Gasteiger partial charge on any atom is 0.264 e. The molecule has 0 atom stereocenters. The van der Waals surface area contributed by atoms with Gasteiger partial charge in [0, 0.05) is 4.90 Å². The second-order valence-corrected chi connectivity index (χ2v) is 9.61. The molecule has 0 saturated carbocycles. The molecule has 3 rings (SSSR count). The number of nitrogens with one attached hydrogen (secondary N) is 1. The lowest BCUT2D eigenvalue weighted by Gasteiger charge is -2.23. The molecule has 0 spiro atoms. The van der Waals surface area contributed by atoms with Crippen molar-refractivity contribution in [2.75, 3.05) is 17.1 Å². The first kappa shape index (κ1) is 23.5. The molecule has 6 nitrogen and oxygen atoms in total. The minimum Gasteiger partial charge on any atom is -0.271 e. The number of aryl methyl sites for hydroxylation is 1. The summed E-state index contributed by atoms with van der Waals surface area (Å²) < 4.78 is 40.8. The van der Waals surface area contributed by atoms with Crippen molar-refractivity contribution in [1.29, 1.82) is 0 Å². The number of hydrogen-bond acceptors (Lipinski definition) is 5. The van der Waals surface area contributed by atoms with Gasteiger partial charge in [0.25, 0.3) is 15.9 Å². The van der Waals surface area contributed by atoms with Crippen molar-refractivity contribution in [3.63, 3.8) is 0 Å². The number of carbonyl (C=O) groups excluding carboxylic acids is 1. The van der Waals surface area contributed by atoms with Crippen molar-refractivity contribution in [1.82, 2.24) is 5.43 Å². The molecule has 166 valence electrons. The summed E-state index contributed by atoms with van der Waals surface area (Å²) in [5, 5.41) is 3.91. The highest BCUT2D eigenvalue weighted by Gasteiger charge is 2.27. The van der Waals surface area contributed by atoms with E-state index in [1.54, 1.807) is 23.9 Å². The Morgan fingerprint density at radius 1 is 1.03 bits per heavy atom. The first-order chi connectivity index (χ1) is 15.3. The number of amides is 1. The molecule has 0 aromatic heterocycles. The summed E-state index contributed by atoms with van der Waals surface area (Å²) in [4.78, 5) is 13.6. The van der Waals surface area contributed by atoms with Crippen molar-refractivity contribution in [2.45, 2.75) is 16.7 Å². The molecule has 0 bridgehead atoms. The Hall–Kier alpha value is -3.17. The predicted octanol–water partition coefficient (Wildman–Crippen LogP) is 4.20. The van der Waals surface area contributed by atoms with Gasteiger partial charge in [-0.2, -0.15) is 5.10 Å². The highest BCUT2D eigenvalue weighted by molar-refractivity contribution is 7.98. The predicted molar refractivity (Wildman–Crippen MR) is 126 cm³/mol. The van der Waals surface area contributed by atoms with Gasteiger partial charge in [0.2, 0.25) is 0 Å². The molecular weight excluding hydrogens is 449 g/mol. The first-order valence-electron chi connectivity index (χ1n) is 9.60. The molecule has 0 unspecified atom stereocenters. The van der Waals surface area contributed by atoms with E-state index >= 15 is 0 Å². The van der Waals surface area contributed by atoms with Crippen LogP contribution in [0.15, 0.2) is 87.7 Å². The Balaban J connectivity index is 1.80. The first-order valence-corrected chi connectivity index (χ1v) is 12.3. The highest BCUT2D eigenvalue weighted by atomic mass is 32.2. The second-order valence-electron chi connectivity index (χ2n) is 6.87. The SMILES string of the molecule is CSc1ccc(/C=N\NC(=O)CN(c2ccc(F)cc2)S(=O)(=O)c2ccc(C)cc2)cc1. The highest BCUT2D eigenvalue weighted by Crippen LogP contribution is 2.24. The smallest absolute Gasteiger partial charge is 0.264 e. The summed E-state index contributed by atoms with van der Waals surface area (Å²) in [5.74, 6) is -1.15. The molecule has 32 heavy (non-hydrogen) atoms. The number of rotatable bonds is 8. The van der Waals surface area contributed by atoms with Crippen LogP contribution in [0.3, 0.4) is 0 Å². The lowest BCUT2D eigenvalue weighted by Crippen LogP contribution is -2.39. The van der Waals surface area contributed by atoms with E-state index in [-0.39, 0.29) is 10.6 Å². The topological polar surface area (TPSA) is 78.8 Å². The monoisotopic (exact) mass is 471 g/mol. The molecule has 0 fully saturated rings. The van der Waals surface area contributed by atoms with Gasteiger partial charge in [-0.25, -0.2) is 18.2 Å². The molecule has 0 aliphatic heterocycles. The van der Waals surface area contributed by atoms with Gasteiger partial charge in [-0.05, 0) is 67.3 Å². The van der Waals surface area contributed by atoms with E-state index in [0.717, 1.165) is 32.5 Å². The van der Waals surface area contributed by atoms with Crippen molar-refractivity contribution in [3.05, 3.63) is 89.7 Å². The fourth-order valence-electron chi connectivity index (χ4n) is 2.79. The third-order valence-electron chi connectivity index (χ3n) is 4.53. The van der Waals surface area contributed by atoms with E-state index in [9.17, 15) is 17.6 Å². The summed E-state index contributed by atoms with van der Waals surface area (Å²) in [6.45, 7) is 1.32. The number of carbonyl (C=O) groups is 1. The molecule has 0 heterocycles. The van der Waals surface area contributed by atoms with Crippen LogP contribution in [0.2, 0.25) is 0 Å². The van der Waals surface area contributed by atoms with Crippen LogP contribution < -0.4 is 9.73 Å². The number of nitrogens with zero attached hydrogens (tertiary/aromatic N) is 2. The molecular formula is C23H22FN3O3S2. The zero-order valence-corrected chi connectivity index (χ0v) is 19.2. The fraction of sp³-hybridized carbons (Fsp3) is 0.130. The molecule has 1 amide bonds. The molecule has 1 N–H and O–H groups in total. The van der Waals surface area contributed by atoms with Crippen molar-refractivity contribution in [2.24, 2.45) is 5.10 Å². The third-order valence-corrected chi connectivity index (χ3v) is 7.06. The van der Waals surface area contributed by atoms with Gasteiger partial charge >= 0.3 is 0 Å². The Kier molecular flexibility index (Phi) is 7.66. The van der Waals surface area contributed by atoms with E-state index < -0.39 is 28.3 Å². The molecule has 9 heteroatoms. The molecule has 0 saturated heterocycles. The summed E-state index contributed by atoms with van der Waals surface area (Å²) in [5.41, 5.74) is 4.20. The Morgan fingerprint density at radius 2 is 1.66 bits per heavy atom. The third kappa shape index (κ3) is 5.95. The van der Waals surface area contributed by atoms with Crippen LogP contribution in [0.4, 0.5) is 10.1 Å². The zero-order valence-electron chi connectivity index (χ0n) is 17.5. The number of hydrogen-bond donors (Lipinski definition) is 1. The number of anilines is 1. The quantitative estimate of drug-likeness (QED) is 0.303. The van der Waals surface area contributed by atoms with Crippen molar-refractivity contribution in [3.8, 4) is 0 Å². The number of thioether (sulfide) groups is 1. The zero-order chi connectivity index (χ0) is 23.1. The minimum atomic E-state index is -4.07. The van der Waals surface area contributed by atoms with Crippen LogP contribution in [0, 0.1) is 12.7 Å². The van der Waals surface area contributed by atoms with Crippen molar-refractivity contribution >= 4 is 39.6 Å². The standard InChI is InChI=1S/C23H22FN3O3S2/c1-17-3-13-22(14-4-17)32(29,30)27(20-9-7-19(24)8-10-20)16-23(28)26-25-15-18-5-11-21(31-2)12-6-18/h3-15H,16H2,1-2H3,(H,26,28)/b25-15-. The molecule has 0 aliphatic carbocycles. The lowest BCUT2D eigenvalue weighted by atomic mass is 10.2. The van der Waals surface area contributed by atoms with E-state index in [1.165, 1.54) is 30.5 Å². The Morgan fingerprint density at radius 3 is 2.25 bits per heavy atom. The van der Waals surface area contributed by atoms with Gasteiger partial charge in [0.15, 0.2) is 0 Å². The maximum absolute atomic E-state index is 13.4. The fourth-order valence-corrected chi connectivity index (χ4v) is 4.62. The van der Waals surface area contributed by atoms with Gasteiger partial charge in [0.05, 0.1) is 16.8 Å². The van der Waals surface area contributed by atoms with Gasteiger partial charge in [-0.1, -0.05) is 29.8 Å². The molecule has 0 radical (unpaired) electrons. The number of sulfonamides is 1. The van der Waals surface area contributed by atoms with E-state index in [0.29, 0.717) is 0 Å². The maximum atomic E-state index is 13.4. The van der Waals surface area contributed by atoms with Crippen LogP contribution in [-0.2, 0) is 14.8 Å². The second kappa shape index (κ2) is 10.4. The summed E-state index contributed by atoms with van der Waals surface area (Å²) >= 11 is 1.61. The summed E-state index contributed by atoms with van der Waals surface area (Å²) in [6, 6.07) is 18.7. The summed E-state index contributed by atoms with van der Waals surface area (Å²) in [6.07, 6.45) is 3.44.